The molecule has 166 valence electrons. The van der Waals surface area contributed by atoms with Crippen LogP contribution in [0, 0.1) is 11.8 Å². The maximum Gasteiger partial charge on any atom is 0.242 e. The molecule has 0 radical (unpaired) electrons. The number of nitrogens with zero attached hydrogens (tertiary/aromatic N) is 2. The van der Waals surface area contributed by atoms with Crippen LogP contribution >= 0.6 is 0 Å². The molecule has 2 aliphatic rings. The van der Waals surface area contributed by atoms with E-state index >= 15 is 0 Å². The number of carbonyl (C=O) groups is 4. The summed E-state index contributed by atoms with van der Waals surface area (Å²) in [6, 6.07) is 6.57. The minimum absolute atomic E-state index is 0.0264. The van der Waals surface area contributed by atoms with Gasteiger partial charge in [0.25, 0.3) is 0 Å². The van der Waals surface area contributed by atoms with Gasteiger partial charge in [-0.1, -0.05) is 24.3 Å². The van der Waals surface area contributed by atoms with Crippen molar-refractivity contribution in [2.45, 2.75) is 38.8 Å². The fraction of sp³-hybridized carbons (Fsp3) is 0.478. The predicted molar refractivity (Wildman–Crippen MR) is 114 cm³/mol. The number of hydrogen-bond donors (Lipinski definition) is 1. The molecule has 0 aromatic heterocycles. The Bertz CT molecular complexity index is 871. The molecule has 1 heterocycles. The molecule has 1 unspecified atom stereocenters. The highest BCUT2D eigenvalue weighted by Gasteiger charge is 2.47. The van der Waals surface area contributed by atoms with Crippen LogP contribution in [0.1, 0.15) is 31.7 Å². The molecule has 1 aliphatic carbocycles. The van der Waals surface area contributed by atoms with Crippen LogP contribution in [0.25, 0.3) is 0 Å². The highest BCUT2D eigenvalue weighted by Crippen LogP contribution is 2.35. The van der Waals surface area contributed by atoms with Gasteiger partial charge in [0.2, 0.25) is 23.6 Å². The van der Waals surface area contributed by atoms with Gasteiger partial charge in [0.05, 0.1) is 18.9 Å². The summed E-state index contributed by atoms with van der Waals surface area (Å²) in [5.74, 6) is -0.969. The van der Waals surface area contributed by atoms with Crippen LogP contribution < -0.4 is 10.1 Å². The van der Waals surface area contributed by atoms with E-state index in [4.69, 9.17) is 4.74 Å². The first kappa shape index (κ1) is 22.5. The van der Waals surface area contributed by atoms with Gasteiger partial charge in [-0.2, -0.15) is 0 Å². The van der Waals surface area contributed by atoms with Crippen LogP contribution in [0.4, 0.5) is 0 Å². The number of hydrogen-bond acceptors (Lipinski definition) is 5. The van der Waals surface area contributed by atoms with Crippen molar-refractivity contribution in [3.63, 3.8) is 0 Å². The molecule has 4 amide bonds. The topological polar surface area (TPSA) is 96.0 Å². The molecule has 1 aromatic carbocycles. The summed E-state index contributed by atoms with van der Waals surface area (Å²) < 4.78 is 5.24. The summed E-state index contributed by atoms with van der Waals surface area (Å²) in [6.07, 6.45) is 4.96. The number of carbonyl (C=O) groups excluding carboxylic acids is 4. The molecule has 1 fully saturated rings. The molecule has 3 atom stereocenters. The Morgan fingerprint density at radius 3 is 2.42 bits per heavy atom. The van der Waals surface area contributed by atoms with Gasteiger partial charge in [0.15, 0.2) is 0 Å². The van der Waals surface area contributed by atoms with E-state index in [9.17, 15) is 19.2 Å². The van der Waals surface area contributed by atoms with Gasteiger partial charge in [-0.15, -0.1) is 0 Å². The smallest absolute Gasteiger partial charge is 0.242 e. The molecule has 0 saturated carbocycles. The van der Waals surface area contributed by atoms with Crippen LogP contribution in [0.5, 0.6) is 5.75 Å². The lowest BCUT2D eigenvalue weighted by molar-refractivity contribution is -0.143. The molecule has 1 saturated heterocycles. The van der Waals surface area contributed by atoms with Crippen LogP contribution in [0.2, 0.25) is 0 Å². The first-order chi connectivity index (χ1) is 14.9. The summed E-state index contributed by atoms with van der Waals surface area (Å²) in [7, 11) is 3.08. The predicted octanol–water partition coefficient (Wildman–Crippen LogP) is 1.50. The molecule has 1 N–H and O–H groups in total. The van der Waals surface area contributed by atoms with Crippen molar-refractivity contribution in [2.75, 3.05) is 20.7 Å². The number of amides is 4. The standard InChI is InChI=1S/C23H29N3O5/c1-15(21(28)24-2)26(14-16-7-6-8-17(13-16)31-3)20(27)11-12-25-22(29)18-9-4-5-10-19(18)23(25)30/h4-8,13,15,18-19H,9-12,14H2,1-3H3,(H,24,28)/t15?,18-,19+. The van der Waals surface area contributed by atoms with Crippen LogP contribution in [-0.2, 0) is 25.7 Å². The van der Waals surface area contributed by atoms with Gasteiger partial charge in [0, 0.05) is 26.6 Å². The maximum absolute atomic E-state index is 13.1. The minimum Gasteiger partial charge on any atom is -0.497 e. The van der Waals surface area contributed by atoms with Crippen LogP contribution in [-0.4, -0.2) is 60.2 Å². The lowest BCUT2D eigenvalue weighted by Crippen LogP contribution is -2.47. The van der Waals surface area contributed by atoms with Crippen LogP contribution in [0.15, 0.2) is 36.4 Å². The normalized spacial score (nSPS) is 20.9. The zero-order valence-corrected chi connectivity index (χ0v) is 18.2. The third kappa shape index (κ3) is 4.78. The van der Waals surface area contributed by atoms with Crippen molar-refractivity contribution in [2.24, 2.45) is 11.8 Å². The number of fused-ring (bicyclic) bond motifs is 1. The van der Waals surface area contributed by atoms with Gasteiger partial charge >= 0.3 is 0 Å². The quantitative estimate of drug-likeness (QED) is 0.501. The van der Waals surface area contributed by atoms with Gasteiger partial charge in [0.1, 0.15) is 11.8 Å². The van der Waals surface area contributed by atoms with Gasteiger partial charge in [-0.3, -0.25) is 24.1 Å². The molecule has 8 heteroatoms. The average molecular weight is 428 g/mol. The average Bonchev–Trinajstić information content (AvgIpc) is 3.04. The Kier molecular flexibility index (Phi) is 7.09. The van der Waals surface area contributed by atoms with E-state index in [1.165, 1.54) is 16.8 Å². The Morgan fingerprint density at radius 1 is 1.19 bits per heavy atom. The van der Waals surface area contributed by atoms with Crippen molar-refractivity contribution in [3.05, 3.63) is 42.0 Å². The summed E-state index contributed by atoms with van der Waals surface area (Å²) in [4.78, 5) is 53.3. The summed E-state index contributed by atoms with van der Waals surface area (Å²) >= 11 is 0. The molecule has 1 aromatic rings. The number of imide groups is 1. The van der Waals surface area contributed by atoms with E-state index < -0.39 is 6.04 Å². The molecule has 3 rings (SSSR count). The number of benzene rings is 1. The van der Waals surface area contributed by atoms with E-state index in [0.717, 1.165) is 5.56 Å². The number of methoxy groups -OCH3 is 1. The lowest BCUT2D eigenvalue weighted by atomic mass is 9.85. The first-order valence-electron chi connectivity index (χ1n) is 10.5. The third-order valence-corrected chi connectivity index (χ3v) is 6.05. The van der Waals surface area contributed by atoms with E-state index in [0.29, 0.717) is 18.6 Å². The minimum atomic E-state index is -0.708. The molecule has 0 spiro atoms. The Balaban J connectivity index is 1.71. The molecular formula is C23H29N3O5. The molecule has 8 nitrogen and oxygen atoms in total. The Morgan fingerprint density at radius 2 is 1.84 bits per heavy atom. The van der Waals surface area contributed by atoms with Crippen LogP contribution in [0.3, 0.4) is 0 Å². The number of rotatable bonds is 8. The first-order valence-corrected chi connectivity index (χ1v) is 10.5. The van der Waals surface area contributed by atoms with Crippen molar-refractivity contribution < 1.29 is 23.9 Å². The fourth-order valence-corrected chi connectivity index (χ4v) is 4.20. The van der Waals surface area contributed by atoms with Crippen molar-refractivity contribution in [1.82, 2.24) is 15.1 Å². The number of allylic oxidation sites excluding steroid dienone is 2. The van der Waals surface area contributed by atoms with Crippen molar-refractivity contribution in [1.29, 1.82) is 0 Å². The monoisotopic (exact) mass is 427 g/mol. The number of nitrogens with one attached hydrogen (secondary N) is 1. The number of likely N-dealkylation sites (N-methyl/N-ethyl adjacent to an activating group) is 1. The number of ether oxygens (including phenoxy) is 1. The SMILES string of the molecule is CNC(=O)C(C)N(Cc1cccc(OC)c1)C(=O)CCN1C(=O)[C@H]2CC=CC[C@H]2C1=O. The van der Waals surface area contributed by atoms with Gasteiger partial charge in [-0.25, -0.2) is 0 Å². The third-order valence-electron chi connectivity index (χ3n) is 6.05. The van der Waals surface area contributed by atoms with E-state index in [1.54, 1.807) is 20.1 Å². The van der Waals surface area contributed by atoms with Gasteiger partial charge < -0.3 is 15.0 Å². The van der Waals surface area contributed by atoms with Gasteiger partial charge in [-0.05, 0) is 37.5 Å². The molecule has 31 heavy (non-hydrogen) atoms. The molecule has 0 bridgehead atoms. The van der Waals surface area contributed by atoms with E-state index in [1.807, 2.05) is 30.4 Å². The van der Waals surface area contributed by atoms with Crippen molar-refractivity contribution >= 4 is 23.6 Å². The second-order valence-electron chi connectivity index (χ2n) is 7.90. The largest absolute Gasteiger partial charge is 0.497 e. The van der Waals surface area contributed by atoms with Crippen molar-refractivity contribution in [3.8, 4) is 5.75 Å². The summed E-state index contributed by atoms with van der Waals surface area (Å²) in [5, 5.41) is 2.57. The second-order valence-corrected chi connectivity index (χ2v) is 7.90. The molecular weight excluding hydrogens is 398 g/mol. The maximum atomic E-state index is 13.1. The zero-order chi connectivity index (χ0) is 22.5. The second kappa shape index (κ2) is 9.76. The highest BCUT2D eigenvalue weighted by molar-refractivity contribution is 6.05. The Labute approximate surface area is 182 Å². The zero-order valence-electron chi connectivity index (χ0n) is 18.2. The van der Waals surface area contributed by atoms with E-state index in [2.05, 4.69) is 5.32 Å². The number of likely N-dealkylation sites (tertiary alicyclic amines) is 1. The lowest BCUT2D eigenvalue weighted by Gasteiger charge is -2.29. The Hall–Kier alpha value is -3.16. The molecule has 1 aliphatic heterocycles. The van der Waals surface area contributed by atoms with E-state index in [-0.39, 0.29) is 55.0 Å². The highest BCUT2D eigenvalue weighted by atomic mass is 16.5. The fourth-order valence-electron chi connectivity index (χ4n) is 4.20. The summed E-state index contributed by atoms with van der Waals surface area (Å²) in [6.45, 7) is 1.89. The summed E-state index contributed by atoms with van der Waals surface area (Å²) in [5.41, 5.74) is 0.814.